The fraction of sp³-hybridized carbons (Fsp3) is 0.353. The van der Waals surface area contributed by atoms with Gasteiger partial charge in [-0.2, -0.15) is 0 Å². The van der Waals surface area contributed by atoms with Gasteiger partial charge in [0.2, 0.25) is 5.91 Å². The molecule has 1 aliphatic rings. The van der Waals surface area contributed by atoms with Gasteiger partial charge in [-0.05, 0) is 60.7 Å². The molecule has 0 saturated carbocycles. The molecule has 0 aromatic heterocycles. The van der Waals surface area contributed by atoms with E-state index < -0.39 is 35.7 Å². The van der Waals surface area contributed by atoms with Crippen molar-refractivity contribution in [2.75, 3.05) is 33.4 Å². The van der Waals surface area contributed by atoms with Crippen molar-refractivity contribution in [3.63, 3.8) is 0 Å². The molecule has 0 unspecified atom stereocenters. The number of methoxy groups -OCH3 is 1. The van der Waals surface area contributed by atoms with Gasteiger partial charge < -0.3 is 34.9 Å². The van der Waals surface area contributed by atoms with E-state index in [1.54, 1.807) is 45.0 Å². The number of benzene rings is 3. The number of rotatable bonds is 12. The van der Waals surface area contributed by atoms with Gasteiger partial charge in [-0.15, -0.1) is 0 Å². The molecular formula is C34H39N3O8. The van der Waals surface area contributed by atoms with Gasteiger partial charge in [-0.3, -0.25) is 4.79 Å². The van der Waals surface area contributed by atoms with Crippen LogP contribution in [0.3, 0.4) is 0 Å². The summed E-state index contributed by atoms with van der Waals surface area (Å²) in [6, 6.07) is 22.0. The number of nitrogens with one attached hydrogen (secondary N) is 3. The van der Waals surface area contributed by atoms with E-state index in [1.165, 1.54) is 7.11 Å². The van der Waals surface area contributed by atoms with Gasteiger partial charge in [0.15, 0.2) is 0 Å². The van der Waals surface area contributed by atoms with Crippen molar-refractivity contribution in [2.24, 2.45) is 0 Å². The molecule has 3 aromatic rings. The molecule has 0 aliphatic heterocycles. The summed E-state index contributed by atoms with van der Waals surface area (Å²) in [5.74, 6) is -0.739. The van der Waals surface area contributed by atoms with Crippen LogP contribution in [0.15, 0.2) is 72.8 Å². The van der Waals surface area contributed by atoms with Crippen LogP contribution in [0.1, 0.15) is 43.4 Å². The van der Waals surface area contributed by atoms with E-state index in [9.17, 15) is 19.2 Å². The summed E-state index contributed by atoms with van der Waals surface area (Å²) in [5, 5.41) is 7.68. The lowest BCUT2D eigenvalue weighted by molar-refractivity contribution is -0.144. The Labute approximate surface area is 262 Å². The highest BCUT2D eigenvalue weighted by atomic mass is 16.6. The predicted molar refractivity (Wildman–Crippen MR) is 167 cm³/mol. The summed E-state index contributed by atoms with van der Waals surface area (Å²) < 4.78 is 21.2. The van der Waals surface area contributed by atoms with E-state index in [-0.39, 0.29) is 38.6 Å². The van der Waals surface area contributed by atoms with Gasteiger partial charge in [-0.1, -0.05) is 60.7 Å². The van der Waals surface area contributed by atoms with Crippen molar-refractivity contribution in [1.82, 2.24) is 16.0 Å². The number of carbonyl (C=O) groups is 4. The Balaban J connectivity index is 1.21. The molecular weight excluding hydrogens is 578 g/mol. The van der Waals surface area contributed by atoms with Gasteiger partial charge >= 0.3 is 18.2 Å². The zero-order valence-corrected chi connectivity index (χ0v) is 25.9. The number of hydrogen-bond acceptors (Lipinski definition) is 8. The van der Waals surface area contributed by atoms with E-state index in [0.717, 1.165) is 27.8 Å². The number of carbonyl (C=O) groups excluding carboxylic acids is 4. The topological polar surface area (TPSA) is 141 Å². The Kier molecular flexibility index (Phi) is 11.0. The molecule has 3 amide bonds. The van der Waals surface area contributed by atoms with E-state index in [0.29, 0.717) is 5.75 Å². The SMILES string of the molecule is COC(=O)[C@H](Cc1ccc(OCCNC(=O)OC(C)(C)C)cc1)NC(=O)CNC(=O)OCC1c2ccccc2-c2ccccc21. The maximum absolute atomic E-state index is 12.6. The molecule has 0 fully saturated rings. The molecule has 11 nitrogen and oxygen atoms in total. The van der Waals surface area contributed by atoms with Crippen molar-refractivity contribution in [3.8, 4) is 16.9 Å². The molecule has 0 radical (unpaired) electrons. The summed E-state index contributed by atoms with van der Waals surface area (Å²) in [5.41, 5.74) is 4.56. The smallest absolute Gasteiger partial charge is 0.407 e. The predicted octanol–water partition coefficient (Wildman–Crippen LogP) is 4.33. The first kappa shape index (κ1) is 32.8. The van der Waals surface area contributed by atoms with Crippen molar-refractivity contribution >= 4 is 24.1 Å². The lowest BCUT2D eigenvalue weighted by Gasteiger charge is -2.19. The first-order chi connectivity index (χ1) is 21.5. The summed E-state index contributed by atoms with van der Waals surface area (Å²) in [4.78, 5) is 49.2. The second-order valence-electron chi connectivity index (χ2n) is 11.4. The molecule has 4 rings (SSSR count). The van der Waals surface area contributed by atoms with Gasteiger partial charge in [0.05, 0.1) is 13.7 Å². The first-order valence-electron chi connectivity index (χ1n) is 14.7. The summed E-state index contributed by atoms with van der Waals surface area (Å²) in [7, 11) is 1.23. The second kappa shape index (κ2) is 15.1. The Morgan fingerprint density at radius 1 is 0.822 bits per heavy atom. The highest BCUT2D eigenvalue weighted by Gasteiger charge is 2.29. The third-order valence-corrected chi connectivity index (χ3v) is 6.96. The standard InChI is InChI=1S/C34H39N3O8/c1-34(2,3)45-33(41)35-17-18-43-23-15-13-22(14-16-23)19-29(31(39)42-4)37-30(38)20-36-32(40)44-21-28-26-11-7-5-9-24(26)25-10-6-8-12-27(25)28/h5-16,28-29H,17-21H2,1-4H3,(H,35,41)(H,36,40)(H,37,38)/t29-/m0/s1. The number of alkyl carbamates (subject to hydrolysis) is 2. The Hall–Kier alpha value is -5.06. The average molecular weight is 618 g/mol. The lowest BCUT2D eigenvalue weighted by atomic mass is 9.98. The lowest BCUT2D eigenvalue weighted by Crippen LogP contribution is -2.47. The van der Waals surface area contributed by atoms with Gasteiger partial charge in [0, 0.05) is 12.3 Å². The maximum Gasteiger partial charge on any atom is 0.407 e. The number of hydrogen-bond donors (Lipinski definition) is 3. The third kappa shape index (κ3) is 9.46. The van der Waals surface area contributed by atoms with Gasteiger partial charge in [0.1, 0.15) is 37.2 Å². The van der Waals surface area contributed by atoms with Crippen LogP contribution in [0.4, 0.5) is 9.59 Å². The molecule has 0 bridgehead atoms. The summed E-state index contributed by atoms with van der Waals surface area (Å²) in [6.45, 7) is 5.58. The fourth-order valence-electron chi connectivity index (χ4n) is 4.98. The second-order valence-corrected chi connectivity index (χ2v) is 11.4. The summed E-state index contributed by atoms with van der Waals surface area (Å²) in [6.07, 6.45) is -1.10. The Bertz CT molecular complexity index is 1450. The van der Waals surface area contributed by atoms with Crippen LogP contribution in [-0.4, -0.2) is 69.1 Å². The van der Waals surface area contributed by atoms with Crippen LogP contribution in [-0.2, 0) is 30.2 Å². The zero-order valence-electron chi connectivity index (χ0n) is 25.9. The highest BCUT2D eigenvalue weighted by Crippen LogP contribution is 2.44. The van der Waals surface area contributed by atoms with Crippen molar-refractivity contribution < 1.29 is 38.1 Å². The van der Waals surface area contributed by atoms with Gasteiger partial charge in [0.25, 0.3) is 0 Å². The van der Waals surface area contributed by atoms with Crippen LogP contribution in [0.2, 0.25) is 0 Å². The minimum absolute atomic E-state index is 0.105. The Morgan fingerprint density at radius 2 is 1.44 bits per heavy atom. The van der Waals surface area contributed by atoms with Crippen LogP contribution in [0, 0.1) is 0 Å². The monoisotopic (exact) mass is 617 g/mol. The normalized spacial score (nSPS) is 12.6. The number of fused-ring (bicyclic) bond motifs is 3. The first-order valence-corrected chi connectivity index (χ1v) is 14.7. The van der Waals surface area contributed by atoms with Crippen LogP contribution >= 0.6 is 0 Å². The van der Waals surface area contributed by atoms with Crippen LogP contribution in [0.25, 0.3) is 11.1 Å². The van der Waals surface area contributed by atoms with Crippen LogP contribution < -0.4 is 20.7 Å². The summed E-state index contributed by atoms with van der Waals surface area (Å²) >= 11 is 0. The molecule has 11 heteroatoms. The number of esters is 1. The van der Waals surface area contributed by atoms with Crippen molar-refractivity contribution in [3.05, 3.63) is 89.5 Å². The van der Waals surface area contributed by atoms with Crippen molar-refractivity contribution in [2.45, 2.75) is 44.8 Å². The largest absolute Gasteiger partial charge is 0.492 e. The van der Waals surface area contributed by atoms with Crippen LogP contribution in [0.5, 0.6) is 5.75 Å². The van der Waals surface area contributed by atoms with E-state index in [4.69, 9.17) is 18.9 Å². The number of amides is 3. The Morgan fingerprint density at radius 3 is 2.04 bits per heavy atom. The molecule has 238 valence electrons. The average Bonchev–Trinajstić information content (AvgIpc) is 3.33. The molecule has 0 saturated heterocycles. The van der Waals surface area contributed by atoms with E-state index in [1.807, 2.05) is 48.5 Å². The molecule has 0 heterocycles. The fourth-order valence-corrected chi connectivity index (χ4v) is 4.98. The molecule has 1 aliphatic carbocycles. The quantitative estimate of drug-likeness (QED) is 0.155. The molecule has 1 atom stereocenters. The van der Waals surface area contributed by atoms with Gasteiger partial charge in [-0.25, -0.2) is 14.4 Å². The molecule has 45 heavy (non-hydrogen) atoms. The van der Waals surface area contributed by atoms with E-state index >= 15 is 0 Å². The van der Waals surface area contributed by atoms with E-state index in [2.05, 4.69) is 16.0 Å². The number of ether oxygens (including phenoxy) is 4. The zero-order chi connectivity index (χ0) is 32.4. The molecule has 3 N–H and O–H groups in total. The third-order valence-electron chi connectivity index (χ3n) is 6.96. The van der Waals surface area contributed by atoms with Crippen molar-refractivity contribution in [1.29, 1.82) is 0 Å². The minimum atomic E-state index is -0.975. The molecule has 3 aromatic carbocycles. The minimum Gasteiger partial charge on any atom is -0.492 e. The maximum atomic E-state index is 12.6. The highest BCUT2D eigenvalue weighted by molar-refractivity contribution is 5.87. The molecule has 0 spiro atoms.